The Morgan fingerprint density at radius 2 is 1.90 bits per heavy atom. The van der Waals surface area contributed by atoms with Crippen LogP contribution < -0.4 is 8.86 Å². The third kappa shape index (κ3) is 6.52. The number of ether oxygens (including phenoxy) is 1. The third-order valence-corrected chi connectivity index (χ3v) is 5.03. The van der Waals surface area contributed by atoms with Crippen LogP contribution >= 0.6 is 0 Å². The van der Waals surface area contributed by atoms with Crippen LogP contribution in [0.25, 0.3) is 0 Å². The van der Waals surface area contributed by atoms with Gasteiger partial charge in [-0.15, -0.1) is 4.13 Å². The van der Waals surface area contributed by atoms with Crippen LogP contribution in [0.3, 0.4) is 0 Å². The maximum Gasteiger partial charge on any atom is 0.338 e. The molecule has 21 heavy (non-hydrogen) atoms. The fourth-order valence-corrected chi connectivity index (χ4v) is 4.07. The van der Waals surface area contributed by atoms with E-state index in [4.69, 9.17) is 4.74 Å². The topological polar surface area (TPSA) is 107 Å². The Morgan fingerprint density at radius 1 is 1.29 bits per heavy atom. The predicted octanol–water partition coefficient (Wildman–Crippen LogP) is 0.547. The molecule has 0 fully saturated rings. The molecule has 0 atom stereocenters. The quantitative estimate of drug-likeness (QED) is 0.463. The van der Waals surface area contributed by atoms with Gasteiger partial charge in [-0.2, -0.15) is 0 Å². The number of carbonyl (C=O) groups excluding carboxylic acids is 1. The summed E-state index contributed by atoms with van der Waals surface area (Å²) in [6.45, 7) is 4.91. The van der Waals surface area contributed by atoms with Crippen molar-refractivity contribution in [3.63, 3.8) is 0 Å². The van der Waals surface area contributed by atoms with Crippen molar-refractivity contribution in [3.8, 4) is 5.75 Å². The molecule has 0 saturated carbocycles. The number of nitrogens with one attached hydrogen (secondary N) is 1. The van der Waals surface area contributed by atoms with Crippen molar-refractivity contribution >= 4 is 26.0 Å². The van der Waals surface area contributed by atoms with Crippen LogP contribution in [0.4, 0.5) is 0 Å². The van der Waals surface area contributed by atoms with Gasteiger partial charge in [0.25, 0.3) is 0 Å². The third-order valence-electron chi connectivity index (χ3n) is 2.09. The molecule has 1 aromatic carbocycles. The Kier molecular flexibility index (Phi) is 5.26. The van der Waals surface area contributed by atoms with E-state index in [9.17, 15) is 21.6 Å². The molecule has 0 amide bonds. The molecule has 0 aromatic heterocycles. The maximum atomic E-state index is 11.6. The van der Waals surface area contributed by atoms with E-state index in [-0.39, 0.29) is 16.9 Å². The molecular weight excluding hydrogens is 318 g/mol. The monoisotopic (exact) mass is 333 g/mol. The van der Waals surface area contributed by atoms with Crippen molar-refractivity contribution in [2.24, 2.45) is 0 Å². The molecule has 7 nitrogen and oxygen atoms in total. The van der Waals surface area contributed by atoms with Crippen molar-refractivity contribution in [1.29, 1.82) is 0 Å². The lowest BCUT2D eigenvalue weighted by Crippen LogP contribution is -2.30. The van der Waals surface area contributed by atoms with Crippen LogP contribution in [-0.4, -0.2) is 29.1 Å². The molecule has 0 heterocycles. The molecular formula is C12H15NO6S2. The van der Waals surface area contributed by atoms with Crippen molar-refractivity contribution in [3.05, 3.63) is 42.0 Å². The summed E-state index contributed by atoms with van der Waals surface area (Å²) >= 11 is 0. The zero-order valence-electron chi connectivity index (χ0n) is 11.5. The minimum absolute atomic E-state index is 0.148. The minimum Gasteiger partial charge on any atom is -0.423 e. The first-order valence-corrected chi connectivity index (χ1v) is 9.21. The highest BCUT2D eigenvalue weighted by molar-refractivity contribution is 8.04. The number of sulfonamides is 2. The SMILES string of the molecule is C=C(C)C(=O)Oc1cccc(CS(=O)(=O)NS(C)(=O)=O)c1. The van der Waals surface area contributed by atoms with Gasteiger partial charge >= 0.3 is 5.97 Å². The zero-order valence-corrected chi connectivity index (χ0v) is 13.1. The van der Waals surface area contributed by atoms with Crippen LogP contribution in [0, 0.1) is 0 Å². The standard InChI is InChI=1S/C12H15NO6S2/c1-9(2)12(14)19-11-6-4-5-10(7-11)8-21(17,18)13-20(3,15)16/h4-7,13H,1,8H2,2-3H3. The molecule has 1 N–H and O–H groups in total. The molecule has 0 aliphatic rings. The second-order valence-corrected chi connectivity index (χ2v) is 8.16. The molecule has 0 aliphatic carbocycles. The zero-order chi connectivity index (χ0) is 16.3. The largest absolute Gasteiger partial charge is 0.423 e. The molecule has 0 unspecified atom stereocenters. The van der Waals surface area contributed by atoms with Crippen molar-refractivity contribution < 1.29 is 26.4 Å². The summed E-state index contributed by atoms with van der Waals surface area (Å²) in [6.07, 6.45) is 0.746. The van der Waals surface area contributed by atoms with Gasteiger partial charge in [0.1, 0.15) is 5.75 Å². The Hall–Kier alpha value is -1.71. The number of hydrogen-bond donors (Lipinski definition) is 1. The molecule has 0 spiro atoms. The summed E-state index contributed by atoms with van der Waals surface area (Å²) in [5.41, 5.74) is 0.477. The lowest BCUT2D eigenvalue weighted by molar-refractivity contribution is -0.130. The summed E-state index contributed by atoms with van der Waals surface area (Å²) < 4.78 is 51.7. The molecule has 116 valence electrons. The first-order chi connectivity index (χ1) is 9.48. The summed E-state index contributed by atoms with van der Waals surface area (Å²) in [5, 5.41) is 0. The summed E-state index contributed by atoms with van der Waals surface area (Å²) in [4.78, 5) is 11.4. The predicted molar refractivity (Wildman–Crippen MR) is 77.5 cm³/mol. The van der Waals surface area contributed by atoms with E-state index < -0.39 is 31.8 Å². The van der Waals surface area contributed by atoms with Gasteiger partial charge in [-0.25, -0.2) is 21.6 Å². The first kappa shape index (κ1) is 17.3. The Labute approximate surface area is 123 Å². The first-order valence-electron chi connectivity index (χ1n) is 5.66. The average molecular weight is 333 g/mol. The van der Waals surface area contributed by atoms with Crippen LogP contribution in [0.1, 0.15) is 12.5 Å². The number of esters is 1. The molecule has 0 radical (unpaired) electrons. The van der Waals surface area contributed by atoms with Crippen molar-refractivity contribution in [1.82, 2.24) is 4.13 Å². The normalized spacial score (nSPS) is 11.9. The van der Waals surface area contributed by atoms with Gasteiger partial charge < -0.3 is 4.74 Å². The van der Waals surface area contributed by atoms with Gasteiger partial charge in [-0.3, -0.25) is 0 Å². The van der Waals surface area contributed by atoms with Crippen molar-refractivity contribution in [2.75, 3.05) is 6.26 Å². The molecule has 0 aliphatic heterocycles. The van der Waals surface area contributed by atoms with Gasteiger partial charge in [0.15, 0.2) is 0 Å². The van der Waals surface area contributed by atoms with E-state index in [2.05, 4.69) is 6.58 Å². The second-order valence-electron chi connectivity index (χ2n) is 4.43. The van der Waals surface area contributed by atoms with Gasteiger partial charge in [-0.1, -0.05) is 18.7 Å². The van der Waals surface area contributed by atoms with E-state index in [0.717, 1.165) is 6.26 Å². The smallest absolute Gasteiger partial charge is 0.338 e. The van der Waals surface area contributed by atoms with Gasteiger partial charge in [0.2, 0.25) is 20.0 Å². The molecule has 9 heteroatoms. The minimum atomic E-state index is -4.05. The molecule has 0 saturated heterocycles. The second kappa shape index (κ2) is 6.37. The van der Waals surface area contributed by atoms with E-state index in [1.165, 1.54) is 31.2 Å². The summed E-state index contributed by atoms with van der Waals surface area (Å²) in [5.74, 6) is -1.04. The number of carbonyl (C=O) groups is 1. The van der Waals surface area contributed by atoms with Crippen molar-refractivity contribution in [2.45, 2.75) is 12.7 Å². The average Bonchev–Trinajstić information content (AvgIpc) is 2.24. The van der Waals surface area contributed by atoms with Gasteiger partial charge in [0.05, 0.1) is 12.0 Å². The number of benzene rings is 1. The summed E-state index contributed by atoms with van der Waals surface area (Å²) in [6, 6.07) is 5.77. The number of hydrogen-bond acceptors (Lipinski definition) is 6. The lowest BCUT2D eigenvalue weighted by Gasteiger charge is -2.07. The summed E-state index contributed by atoms with van der Waals surface area (Å²) in [7, 11) is -7.93. The van der Waals surface area contributed by atoms with Crippen LogP contribution in [-0.2, 0) is 30.6 Å². The molecule has 1 rings (SSSR count). The Balaban J connectivity index is 2.91. The highest BCUT2D eigenvalue weighted by Gasteiger charge is 2.17. The van der Waals surface area contributed by atoms with E-state index in [0.29, 0.717) is 0 Å². The highest BCUT2D eigenvalue weighted by Crippen LogP contribution is 2.16. The van der Waals surface area contributed by atoms with E-state index >= 15 is 0 Å². The Morgan fingerprint density at radius 3 is 2.43 bits per heavy atom. The van der Waals surface area contributed by atoms with Crippen LogP contribution in [0.15, 0.2) is 36.4 Å². The fourth-order valence-electron chi connectivity index (χ4n) is 1.37. The van der Waals surface area contributed by atoms with E-state index in [1.807, 2.05) is 0 Å². The Bertz CT molecular complexity index is 765. The lowest BCUT2D eigenvalue weighted by atomic mass is 10.2. The van der Waals surface area contributed by atoms with E-state index in [1.54, 1.807) is 4.13 Å². The van der Waals surface area contributed by atoms with Crippen LogP contribution in [0.2, 0.25) is 0 Å². The maximum absolute atomic E-state index is 11.6. The highest BCUT2D eigenvalue weighted by atomic mass is 32.3. The molecule has 0 bridgehead atoms. The fraction of sp³-hybridized carbons (Fsp3) is 0.250. The van der Waals surface area contributed by atoms with Crippen LogP contribution in [0.5, 0.6) is 5.75 Å². The van der Waals surface area contributed by atoms with Gasteiger partial charge in [0, 0.05) is 5.57 Å². The molecule has 1 aromatic rings. The van der Waals surface area contributed by atoms with Gasteiger partial charge in [-0.05, 0) is 24.6 Å². The number of rotatable bonds is 6.